The Morgan fingerprint density at radius 2 is 2.27 bits per heavy atom. The van der Waals surface area contributed by atoms with E-state index in [9.17, 15) is 0 Å². The van der Waals surface area contributed by atoms with Crippen molar-refractivity contribution in [2.45, 2.75) is 0 Å². The monoisotopic (exact) mass is 167 g/mol. The van der Waals surface area contributed by atoms with E-state index >= 15 is 0 Å². The SMILES string of the molecule is Cn1ncc2ncc(Cl)cc21. The fourth-order valence-corrected chi connectivity index (χ4v) is 1.15. The second-order valence-corrected chi connectivity index (χ2v) is 2.76. The molecule has 0 spiro atoms. The Morgan fingerprint density at radius 1 is 1.45 bits per heavy atom. The first-order valence-corrected chi connectivity index (χ1v) is 3.58. The van der Waals surface area contributed by atoms with Crippen LogP contribution >= 0.6 is 11.6 Å². The van der Waals surface area contributed by atoms with Crippen molar-refractivity contribution in [2.75, 3.05) is 0 Å². The summed E-state index contributed by atoms with van der Waals surface area (Å²) in [6.45, 7) is 0. The van der Waals surface area contributed by atoms with Gasteiger partial charge in [-0.3, -0.25) is 9.67 Å². The van der Waals surface area contributed by atoms with Crippen LogP contribution in [0.1, 0.15) is 0 Å². The van der Waals surface area contributed by atoms with E-state index in [1.54, 1.807) is 17.1 Å². The molecule has 2 heterocycles. The molecule has 0 aliphatic rings. The summed E-state index contributed by atoms with van der Waals surface area (Å²) in [5, 5.41) is 4.67. The van der Waals surface area contributed by atoms with Crippen molar-refractivity contribution in [3.05, 3.63) is 23.5 Å². The van der Waals surface area contributed by atoms with Crippen molar-refractivity contribution in [2.24, 2.45) is 7.05 Å². The summed E-state index contributed by atoms with van der Waals surface area (Å²) >= 11 is 5.74. The number of halogens is 1. The Labute approximate surface area is 68.6 Å². The highest BCUT2D eigenvalue weighted by Gasteiger charge is 1.99. The smallest absolute Gasteiger partial charge is 0.108 e. The molecule has 56 valence electrons. The van der Waals surface area contributed by atoms with E-state index in [4.69, 9.17) is 11.6 Å². The predicted octanol–water partition coefficient (Wildman–Crippen LogP) is 1.62. The lowest BCUT2D eigenvalue weighted by molar-refractivity contribution is 0.797. The number of aromatic nitrogens is 3. The number of hydrogen-bond donors (Lipinski definition) is 0. The average molecular weight is 168 g/mol. The molecule has 0 fully saturated rings. The number of hydrogen-bond acceptors (Lipinski definition) is 2. The van der Waals surface area contributed by atoms with Crippen LogP contribution in [0.3, 0.4) is 0 Å². The van der Waals surface area contributed by atoms with Gasteiger partial charge in [-0.1, -0.05) is 11.6 Å². The number of fused-ring (bicyclic) bond motifs is 1. The van der Waals surface area contributed by atoms with E-state index in [0.717, 1.165) is 11.0 Å². The molecule has 0 amide bonds. The molecule has 2 aromatic rings. The Hall–Kier alpha value is -1.09. The highest BCUT2D eigenvalue weighted by atomic mass is 35.5. The Bertz CT molecular complexity index is 393. The third-order valence-corrected chi connectivity index (χ3v) is 1.77. The molecular formula is C7H6ClN3. The first-order chi connectivity index (χ1) is 5.27. The molecule has 2 aromatic heterocycles. The van der Waals surface area contributed by atoms with Gasteiger partial charge in [0.15, 0.2) is 0 Å². The van der Waals surface area contributed by atoms with E-state index in [-0.39, 0.29) is 0 Å². The summed E-state index contributed by atoms with van der Waals surface area (Å²) in [6.07, 6.45) is 3.33. The zero-order valence-electron chi connectivity index (χ0n) is 5.95. The molecule has 3 nitrogen and oxygen atoms in total. The number of nitrogens with zero attached hydrogens (tertiary/aromatic N) is 3. The van der Waals surface area contributed by atoms with Crippen molar-refractivity contribution in [3.8, 4) is 0 Å². The Balaban J connectivity index is 2.87. The second-order valence-electron chi connectivity index (χ2n) is 2.33. The van der Waals surface area contributed by atoms with Gasteiger partial charge in [0, 0.05) is 13.2 Å². The highest BCUT2D eigenvalue weighted by Crippen LogP contribution is 2.14. The molecule has 4 heteroatoms. The fourth-order valence-electron chi connectivity index (χ4n) is 1.00. The summed E-state index contributed by atoms with van der Waals surface area (Å²) < 4.78 is 1.74. The highest BCUT2D eigenvalue weighted by molar-refractivity contribution is 6.31. The molecule has 0 saturated heterocycles. The van der Waals surface area contributed by atoms with Crippen LogP contribution < -0.4 is 0 Å². The zero-order chi connectivity index (χ0) is 7.84. The van der Waals surface area contributed by atoms with Crippen LogP contribution in [0, 0.1) is 0 Å². The minimum absolute atomic E-state index is 0.640. The van der Waals surface area contributed by atoms with Crippen molar-refractivity contribution in [1.82, 2.24) is 14.8 Å². The molecule has 0 saturated carbocycles. The van der Waals surface area contributed by atoms with Crippen molar-refractivity contribution in [3.63, 3.8) is 0 Å². The van der Waals surface area contributed by atoms with E-state index in [2.05, 4.69) is 10.1 Å². The molecule has 0 aliphatic heterocycles. The molecule has 0 aromatic carbocycles. The van der Waals surface area contributed by atoms with E-state index in [1.165, 1.54) is 0 Å². The minimum Gasteiger partial charge on any atom is -0.266 e. The lowest BCUT2D eigenvalue weighted by atomic mass is 10.4. The molecule has 0 radical (unpaired) electrons. The third kappa shape index (κ3) is 0.973. The van der Waals surface area contributed by atoms with Gasteiger partial charge in [-0.05, 0) is 6.07 Å². The van der Waals surface area contributed by atoms with Crippen molar-refractivity contribution in [1.29, 1.82) is 0 Å². The molecular weight excluding hydrogens is 162 g/mol. The van der Waals surface area contributed by atoms with Crippen LogP contribution in [0.5, 0.6) is 0 Å². The molecule has 11 heavy (non-hydrogen) atoms. The predicted molar refractivity (Wildman–Crippen MR) is 43.5 cm³/mol. The maximum absolute atomic E-state index is 5.74. The van der Waals surface area contributed by atoms with Gasteiger partial charge < -0.3 is 0 Å². The summed E-state index contributed by atoms with van der Waals surface area (Å²) in [7, 11) is 1.86. The van der Waals surface area contributed by atoms with Crippen LogP contribution in [-0.4, -0.2) is 14.8 Å². The summed E-state index contributed by atoms with van der Waals surface area (Å²) in [5.74, 6) is 0. The van der Waals surface area contributed by atoms with E-state index in [0.29, 0.717) is 5.02 Å². The van der Waals surface area contributed by atoms with Crippen LogP contribution in [0.4, 0.5) is 0 Å². The molecule has 0 bridgehead atoms. The number of pyridine rings is 1. The maximum Gasteiger partial charge on any atom is 0.108 e. The van der Waals surface area contributed by atoms with Gasteiger partial charge in [0.2, 0.25) is 0 Å². The average Bonchev–Trinajstić information content (AvgIpc) is 2.33. The van der Waals surface area contributed by atoms with Gasteiger partial charge in [0.05, 0.1) is 16.7 Å². The molecule has 0 atom stereocenters. The van der Waals surface area contributed by atoms with Gasteiger partial charge in [-0.2, -0.15) is 5.10 Å². The largest absolute Gasteiger partial charge is 0.266 e. The summed E-state index contributed by atoms with van der Waals surface area (Å²) in [4.78, 5) is 4.09. The van der Waals surface area contributed by atoms with Gasteiger partial charge >= 0.3 is 0 Å². The first kappa shape index (κ1) is 6.61. The van der Waals surface area contributed by atoms with Crippen LogP contribution in [0.25, 0.3) is 11.0 Å². The van der Waals surface area contributed by atoms with E-state index < -0.39 is 0 Å². The van der Waals surface area contributed by atoms with Gasteiger partial charge in [0.25, 0.3) is 0 Å². The quantitative estimate of drug-likeness (QED) is 0.597. The number of aryl methyl sites for hydroxylation is 1. The minimum atomic E-state index is 0.640. The normalized spacial score (nSPS) is 10.7. The molecule has 0 aliphatic carbocycles. The molecule has 0 N–H and O–H groups in total. The molecule has 0 unspecified atom stereocenters. The second kappa shape index (κ2) is 2.20. The summed E-state index contributed by atoms with van der Waals surface area (Å²) in [5.41, 5.74) is 1.83. The van der Waals surface area contributed by atoms with Gasteiger partial charge in [-0.15, -0.1) is 0 Å². The van der Waals surface area contributed by atoms with Gasteiger partial charge in [0.1, 0.15) is 5.52 Å². The lowest BCUT2D eigenvalue weighted by Gasteiger charge is -1.92. The standard InChI is InChI=1S/C7H6ClN3/c1-11-7-2-5(8)3-9-6(7)4-10-11/h2-4H,1H3. The Morgan fingerprint density at radius 3 is 3.09 bits per heavy atom. The third-order valence-electron chi connectivity index (χ3n) is 1.57. The van der Waals surface area contributed by atoms with E-state index in [1.807, 2.05) is 13.1 Å². The lowest BCUT2D eigenvalue weighted by Crippen LogP contribution is -1.88. The Kier molecular flexibility index (Phi) is 1.32. The maximum atomic E-state index is 5.74. The fraction of sp³-hybridized carbons (Fsp3) is 0.143. The summed E-state index contributed by atoms with van der Waals surface area (Å²) in [6, 6.07) is 1.84. The first-order valence-electron chi connectivity index (χ1n) is 3.20. The van der Waals surface area contributed by atoms with Crippen molar-refractivity contribution >= 4 is 22.6 Å². The van der Waals surface area contributed by atoms with Crippen LogP contribution in [0.2, 0.25) is 5.02 Å². The number of rotatable bonds is 0. The zero-order valence-corrected chi connectivity index (χ0v) is 6.71. The van der Waals surface area contributed by atoms with Crippen LogP contribution in [0.15, 0.2) is 18.5 Å². The molecule has 2 rings (SSSR count). The van der Waals surface area contributed by atoms with Gasteiger partial charge in [-0.25, -0.2) is 0 Å². The van der Waals surface area contributed by atoms with Crippen LogP contribution in [-0.2, 0) is 7.05 Å². The van der Waals surface area contributed by atoms with Crippen molar-refractivity contribution < 1.29 is 0 Å². The topological polar surface area (TPSA) is 30.7 Å².